The summed E-state index contributed by atoms with van der Waals surface area (Å²) < 4.78 is 2.03. The molecule has 1 aliphatic heterocycles. The van der Waals surface area contributed by atoms with Gasteiger partial charge in [0.05, 0.1) is 17.9 Å². The molecule has 3 aromatic rings. The van der Waals surface area contributed by atoms with Crippen molar-refractivity contribution in [2.24, 2.45) is 0 Å². The fraction of sp³-hybridized carbons (Fsp3) is 0.346. The number of carbonyl (C=O) groups excluding carboxylic acids is 2. The molecule has 2 aromatic carbocycles. The predicted molar refractivity (Wildman–Crippen MR) is 128 cm³/mol. The molecule has 2 heterocycles. The molecular formula is C26H29N5O2. The van der Waals surface area contributed by atoms with E-state index in [2.05, 4.69) is 42.7 Å². The summed E-state index contributed by atoms with van der Waals surface area (Å²) in [6.07, 6.45) is 4.70. The Morgan fingerprint density at radius 1 is 1.12 bits per heavy atom. The molecule has 3 amide bonds. The van der Waals surface area contributed by atoms with E-state index in [1.165, 1.54) is 16.8 Å². The normalized spacial score (nSPS) is 17.6. The molecule has 5 rings (SSSR count). The van der Waals surface area contributed by atoms with Crippen LogP contribution in [0.1, 0.15) is 57.2 Å². The summed E-state index contributed by atoms with van der Waals surface area (Å²) in [5, 5.41) is 10.7. The number of nitrogens with one attached hydrogen (secondary N) is 2. The van der Waals surface area contributed by atoms with Gasteiger partial charge in [0.1, 0.15) is 0 Å². The van der Waals surface area contributed by atoms with Crippen molar-refractivity contribution in [3.05, 3.63) is 76.1 Å². The summed E-state index contributed by atoms with van der Waals surface area (Å²) in [7, 11) is 0. The molecule has 0 spiro atoms. The van der Waals surface area contributed by atoms with Crippen LogP contribution in [0.15, 0.2) is 42.6 Å². The van der Waals surface area contributed by atoms with Gasteiger partial charge < -0.3 is 10.6 Å². The molecule has 1 atom stereocenters. The summed E-state index contributed by atoms with van der Waals surface area (Å²) in [5.74, 6) is -0.131. The Balaban J connectivity index is 1.41. The second-order valence-corrected chi connectivity index (χ2v) is 8.98. The fourth-order valence-electron chi connectivity index (χ4n) is 4.86. The number of benzene rings is 2. The van der Waals surface area contributed by atoms with Crippen molar-refractivity contribution in [3.63, 3.8) is 0 Å². The van der Waals surface area contributed by atoms with Crippen molar-refractivity contribution in [1.29, 1.82) is 0 Å². The zero-order chi connectivity index (χ0) is 23.1. The van der Waals surface area contributed by atoms with Crippen molar-refractivity contribution in [2.45, 2.75) is 46.1 Å². The van der Waals surface area contributed by atoms with Crippen LogP contribution >= 0.6 is 0 Å². The van der Waals surface area contributed by atoms with Crippen LogP contribution in [0.4, 0.5) is 10.5 Å². The van der Waals surface area contributed by atoms with E-state index in [0.29, 0.717) is 18.7 Å². The zero-order valence-electron chi connectivity index (χ0n) is 19.3. The molecule has 0 radical (unpaired) electrons. The summed E-state index contributed by atoms with van der Waals surface area (Å²) >= 11 is 0. The first-order valence-corrected chi connectivity index (χ1v) is 11.5. The molecule has 0 saturated carbocycles. The first kappa shape index (κ1) is 21.2. The fourth-order valence-corrected chi connectivity index (χ4v) is 4.86. The SMILES string of the molecule is Cc1ccc(C(=O)N[C@H]2CCCc3c2cnn3-c2cccc(C)c2C)cc1N1CCNC1=O. The molecule has 2 aliphatic rings. The molecule has 1 aromatic heterocycles. The number of nitrogens with zero attached hydrogens (tertiary/aromatic N) is 3. The van der Waals surface area contributed by atoms with Gasteiger partial charge in [0.25, 0.3) is 5.91 Å². The van der Waals surface area contributed by atoms with Crippen LogP contribution in [0.2, 0.25) is 0 Å². The average molecular weight is 444 g/mol. The summed E-state index contributed by atoms with van der Waals surface area (Å²) in [6.45, 7) is 7.41. The zero-order valence-corrected chi connectivity index (χ0v) is 19.3. The van der Waals surface area contributed by atoms with Crippen LogP contribution in [0, 0.1) is 20.8 Å². The van der Waals surface area contributed by atoms with Crippen LogP contribution in [-0.4, -0.2) is 34.8 Å². The number of amides is 3. The lowest BCUT2D eigenvalue weighted by atomic mass is 9.92. The maximum atomic E-state index is 13.2. The van der Waals surface area contributed by atoms with Crippen molar-refractivity contribution in [2.75, 3.05) is 18.0 Å². The van der Waals surface area contributed by atoms with E-state index in [1.807, 2.05) is 36.0 Å². The quantitative estimate of drug-likeness (QED) is 0.636. The molecular weight excluding hydrogens is 414 g/mol. The first-order valence-electron chi connectivity index (χ1n) is 11.5. The number of anilines is 1. The summed E-state index contributed by atoms with van der Waals surface area (Å²) in [4.78, 5) is 27.0. The highest BCUT2D eigenvalue weighted by Crippen LogP contribution is 2.32. The smallest absolute Gasteiger partial charge is 0.322 e. The van der Waals surface area contributed by atoms with Crippen LogP contribution in [0.3, 0.4) is 0 Å². The van der Waals surface area contributed by atoms with Crippen molar-refractivity contribution >= 4 is 17.6 Å². The number of aryl methyl sites for hydroxylation is 2. The first-order chi connectivity index (χ1) is 15.9. The van der Waals surface area contributed by atoms with E-state index in [1.54, 1.807) is 4.90 Å². The number of urea groups is 1. The summed E-state index contributed by atoms with van der Waals surface area (Å²) in [6, 6.07) is 11.6. The van der Waals surface area contributed by atoms with Crippen LogP contribution < -0.4 is 15.5 Å². The molecule has 7 nitrogen and oxygen atoms in total. The molecule has 0 unspecified atom stereocenters. The Kier molecular flexibility index (Phi) is 5.40. The predicted octanol–water partition coefficient (Wildman–Crippen LogP) is 4.13. The van der Waals surface area contributed by atoms with E-state index in [9.17, 15) is 9.59 Å². The largest absolute Gasteiger partial charge is 0.345 e. The average Bonchev–Trinajstić information content (AvgIpc) is 3.43. The van der Waals surface area contributed by atoms with Gasteiger partial charge >= 0.3 is 6.03 Å². The highest BCUT2D eigenvalue weighted by atomic mass is 16.2. The summed E-state index contributed by atoms with van der Waals surface area (Å²) in [5.41, 5.74) is 8.11. The highest BCUT2D eigenvalue weighted by molar-refractivity contribution is 5.99. The van der Waals surface area contributed by atoms with Gasteiger partial charge in [-0.05, 0) is 74.9 Å². The van der Waals surface area contributed by atoms with E-state index >= 15 is 0 Å². The lowest BCUT2D eigenvalue weighted by Gasteiger charge is -2.25. The highest BCUT2D eigenvalue weighted by Gasteiger charge is 2.28. The maximum absolute atomic E-state index is 13.2. The van der Waals surface area contributed by atoms with Gasteiger partial charge in [-0.2, -0.15) is 5.10 Å². The Bertz CT molecular complexity index is 1250. The van der Waals surface area contributed by atoms with E-state index in [0.717, 1.165) is 41.8 Å². The third-order valence-corrected chi connectivity index (χ3v) is 6.91. The molecule has 1 saturated heterocycles. The van der Waals surface area contributed by atoms with E-state index in [-0.39, 0.29) is 18.0 Å². The lowest BCUT2D eigenvalue weighted by Crippen LogP contribution is -2.32. The van der Waals surface area contributed by atoms with Gasteiger partial charge in [-0.1, -0.05) is 18.2 Å². The lowest BCUT2D eigenvalue weighted by molar-refractivity contribution is 0.0932. The Morgan fingerprint density at radius 3 is 2.76 bits per heavy atom. The van der Waals surface area contributed by atoms with Gasteiger partial charge in [-0.15, -0.1) is 0 Å². The van der Waals surface area contributed by atoms with Gasteiger partial charge in [0.2, 0.25) is 0 Å². The molecule has 1 fully saturated rings. The molecule has 33 heavy (non-hydrogen) atoms. The minimum atomic E-state index is -0.131. The van der Waals surface area contributed by atoms with Crippen LogP contribution in [0.25, 0.3) is 5.69 Å². The third-order valence-electron chi connectivity index (χ3n) is 6.91. The van der Waals surface area contributed by atoms with Crippen LogP contribution in [0.5, 0.6) is 0 Å². The van der Waals surface area contributed by atoms with Gasteiger partial charge in [0.15, 0.2) is 0 Å². The third kappa shape index (κ3) is 3.77. The van der Waals surface area contributed by atoms with Gasteiger partial charge in [0, 0.05) is 35.6 Å². The van der Waals surface area contributed by atoms with E-state index in [4.69, 9.17) is 5.10 Å². The molecule has 7 heteroatoms. The number of hydrogen-bond acceptors (Lipinski definition) is 3. The monoisotopic (exact) mass is 443 g/mol. The standard InChI is InChI=1S/C26H29N5O2/c1-16-6-4-8-22(18(16)3)31-23-9-5-7-21(20(23)15-28-31)29-25(32)19-11-10-17(2)24(14-19)30-13-12-27-26(30)33/h4,6,8,10-11,14-15,21H,5,7,9,12-13H2,1-3H3,(H,27,33)(H,29,32)/t21-/m0/s1. The number of rotatable bonds is 4. The Morgan fingerprint density at radius 2 is 1.97 bits per heavy atom. The molecule has 2 N–H and O–H groups in total. The van der Waals surface area contributed by atoms with Crippen molar-refractivity contribution < 1.29 is 9.59 Å². The number of carbonyl (C=O) groups is 2. The minimum Gasteiger partial charge on any atom is -0.345 e. The minimum absolute atomic E-state index is 0.0834. The molecule has 1 aliphatic carbocycles. The number of aromatic nitrogens is 2. The number of fused-ring (bicyclic) bond motifs is 1. The Labute approximate surface area is 193 Å². The van der Waals surface area contributed by atoms with Crippen molar-refractivity contribution in [1.82, 2.24) is 20.4 Å². The van der Waals surface area contributed by atoms with Gasteiger partial charge in [-0.25, -0.2) is 9.48 Å². The maximum Gasteiger partial charge on any atom is 0.322 e. The molecule has 0 bridgehead atoms. The second-order valence-electron chi connectivity index (χ2n) is 8.98. The number of hydrogen-bond donors (Lipinski definition) is 2. The van der Waals surface area contributed by atoms with Crippen molar-refractivity contribution in [3.8, 4) is 5.69 Å². The molecule has 170 valence electrons. The second kappa shape index (κ2) is 8.39. The van der Waals surface area contributed by atoms with Gasteiger partial charge in [-0.3, -0.25) is 9.69 Å². The Hall–Kier alpha value is -3.61. The topological polar surface area (TPSA) is 79.3 Å². The van der Waals surface area contributed by atoms with Crippen LogP contribution in [-0.2, 0) is 6.42 Å². The van der Waals surface area contributed by atoms with E-state index < -0.39 is 0 Å².